The number of nitrogens with zero attached hydrogens (tertiary/aromatic N) is 1. The number of likely N-dealkylation sites (tertiary alicyclic amines) is 1. The predicted octanol–water partition coefficient (Wildman–Crippen LogP) is 2.71. The smallest absolute Gasteiger partial charge is 0.222 e. The third kappa shape index (κ3) is 2.81. The van der Waals surface area contributed by atoms with E-state index in [1.54, 1.807) is 0 Å². The van der Waals surface area contributed by atoms with Crippen molar-refractivity contribution in [3.63, 3.8) is 0 Å². The molecule has 1 atom stereocenters. The van der Waals surface area contributed by atoms with E-state index in [1.165, 1.54) is 10.9 Å². The van der Waals surface area contributed by atoms with Gasteiger partial charge in [0.2, 0.25) is 5.91 Å². The average Bonchev–Trinajstić information content (AvgIpc) is 2.86. The molecule has 1 aliphatic heterocycles. The summed E-state index contributed by atoms with van der Waals surface area (Å²) in [5.41, 5.74) is 2.22. The van der Waals surface area contributed by atoms with Crippen molar-refractivity contribution >= 4 is 16.9 Å². The van der Waals surface area contributed by atoms with E-state index < -0.39 is 0 Å². The van der Waals surface area contributed by atoms with Gasteiger partial charge in [-0.05, 0) is 12.5 Å². The molecule has 0 aliphatic carbocycles. The maximum atomic E-state index is 11.5. The fourth-order valence-electron chi connectivity index (χ4n) is 3.05. The summed E-state index contributed by atoms with van der Waals surface area (Å²) in [6.45, 7) is 3.71. The first-order chi connectivity index (χ1) is 10.2. The van der Waals surface area contributed by atoms with Gasteiger partial charge in [-0.25, -0.2) is 0 Å². The Labute approximate surface area is 125 Å². The number of aryl methyl sites for hydroxylation is 1. The van der Waals surface area contributed by atoms with Crippen molar-refractivity contribution in [2.45, 2.75) is 38.8 Å². The van der Waals surface area contributed by atoms with Crippen LogP contribution in [0, 0.1) is 0 Å². The van der Waals surface area contributed by atoms with Crippen LogP contribution < -0.4 is 5.32 Å². The van der Waals surface area contributed by atoms with Crippen LogP contribution in [0.4, 0.5) is 0 Å². The number of hydrogen-bond donors (Lipinski definition) is 1. The highest BCUT2D eigenvalue weighted by atomic mass is 16.3. The number of fused-ring (bicyclic) bond motifs is 1. The van der Waals surface area contributed by atoms with Gasteiger partial charge >= 0.3 is 0 Å². The lowest BCUT2D eigenvalue weighted by atomic mass is 10.0. The Balaban J connectivity index is 1.74. The second-order valence-electron chi connectivity index (χ2n) is 5.74. The minimum Gasteiger partial charge on any atom is -0.461 e. The zero-order chi connectivity index (χ0) is 14.8. The summed E-state index contributed by atoms with van der Waals surface area (Å²) in [5, 5.41) is 4.78. The zero-order valence-corrected chi connectivity index (χ0v) is 12.7. The summed E-state index contributed by atoms with van der Waals surface area (Å²) in [4.78, 5) is 13.3. The van der Waals surface area contributed by atoms with E-state index in [2.05, 4.69) is 18.3 Å². The lowest BCUT2D eigenvalue weighted by molar-refractivity contribution is -0.132. The number of piperidine rings is 1. The molecule has 4 nitrogen and oxygen atoms in total. The molecule has 21 heavy (non-hydrogen) atoms. The van der Waals surface area contributed by atoms with Gasteiger partial charge in [-0.2, -0.15) is 0 Å². The Morgan fingerprint density at radius 1 is 1.38 bits per heavy atom. The van der Waals surface area contributed by atoms with Gasteiger partial charge in [-0.15, -0.1) is 0 Å². The molecular weight excluding hydrogens is 264 g/mol. The molecule has 1 fully saturated rings. The minimum absolute atomic E-state index is 0.246. The van der Waals surface area contributed by atoms with Crippen molar-refractivity contribution in [2.24, 2.45) is 0 Å². The van der Waals surface area contributed by atoms with Crippen LogP contribution in [0.25, 0.3) is 11.0 Å². The predicted molar refractivity (Wildman–Crippen MR) is 83.1 cm³/mol. The van der Waals surface area contributed by atoms with Crippen LogP contribution in [0.3, 0.4) is 0 Å². The summed E-state index contributed by atoms with van der Waals surface area (Å²) >= 11 is 0. The van der Waals surface area contributed by atoms with Gasteiger partial charge in [0.05, 0.1) is 0 Å². The second kappa shape index (κ2) is 5.90. The standard InChI is InChI=1S/C17H22N2O2/c1-3-15-14(13-6-4-5-7-16(13)21-15)10-18-12-8-9-17(20)19(2)11-12/h4-7,12,18H,3,8-11H2,1-2H3. The number of nitrogens with one attached hydrogen (secondary N) is 1. The SMILES string of the molecule is CCc1oc2ccccc2c1CNC1CCC(=O)N(C)C1. The van der Waals surface area contributed by atoms with Gasteiger partial charge in [0, 0.05) is 50.0 Å². The summed E-state index contributed by atoms with van der Waals surface area (Å²) in [6.07, 6.45) is 2.45. The first-order valence-corrected chi connectivity index (χ1v) is 7.65. The minimum atomic E-state index is 0.246. The van der Waals surface area contributed by atoms with Gasteiger partial charge in [0.15, 0.2) is 0 Å². The molecule has 1 aromatic carbocycles. The molecule has 0 saturated carbocycles. The highest BCUT2D eigenvalue weighted by Crippen LogP contribution is 2.26. The molecule has 1 aliphatic rings. The fraction of sp³-hybridized carbons (Fsp3) is 0.471. The molecule has 0 bridgehead atoms. The Kier molecular flexibility index (Phi) is 3.97. The molecule has 2 heterocycles. The van der Waals surface area contributed by atoms with E-state index in [1.807, 2.05) is 30.1 Å². The number of hydrogen-bond acceptors (Lipinski definition) is 3. The summed E-state index contributed by atoms with van der Waals surface area (Å²) in [6, 6.07) is 8.56. The number of rotatable bonds is 4. The van der Waals surface area contributed by atoms with Crippen molar-refractivity contribution in [3.8, 4) is 0 Å². The van der Waals surface area contributed by atoms with Gasteiger partial charge in [0.25, 0.3) is 0 Å². The van der Waals surface area contributed by atoms with Crippen LogP contribution in [0.5, 0.6) is 0 Å². The molecule has 0 spiro atoms. The number of para-hydroxylation sites is 1. The van der Waals surface area contributed by atoms with Crippen LogP contribution in [-0.2, 0) is 17.8 Å². The van der Waals surface area contributed by atoms with Crippen molar-refractivity contribution in [3.05, 3.63) is 35.6 Å². The van der Waals surface area contributed by atoms with Crippen LogP contribution in [0.2, 0.25) is 0 Å². The number of benzene rings is 1. The van der Waals surface area contributed by atoms with Crippen molar-refractivity contribution in [2.75, 3.05) is 13.6 Å². The van der Waals surface area contributed by atoms with Crippen molar-refractivity contribution in [1.82, 2.24) is 10.2 Å². The fourth-order valence-corrected chi connectivity index (χ4v) is 3.05. The summed E-state index contributed by atoms with van der Waals surface area (Å²) in [7, 11) is 1.88. The highest BCUT2D eigenvalue weighted by Gasteiger charge is 2.23. The van der Waals surface area contributed by atoms with Crippen LogP contribution in [-0.4, -0.2) is 30.4 Å². The molecule has 1 unspecified atom stereocenters. The second-order valence-corrected chi connectivity index (χ2v) is 5.74. The van der Waals surface area contributed by atoms with Crippen molar-refractivity contribution in [1.29, 1.82) is 0 Å². The monoisotopic (exact) mass is 286 g/mol. The topological polar surface area (TPSA) is 45.5 Å². The lowest BCUT2D eigenvalue weighted by Gasteiger charge is -2.30. The Hall–Kier alpha value is -1.81. The van der Waals surface area contributed by atoms with Crippen LogP contribution in [0.15, 0.2) is 28.7 Å². The van der Waals surface area contributed by atoms with Crippen molar-refractivity contribution < 1.29 is 9.21 Å². The summed E-state index contributed by atoms with van der Waals surface area (Å²) < 4.78 is 5.92. The van der Waals surface area contributed by atoms with E-state index in [9.17, 15) is 4.79 Å². The first-order valence-electron chi connectivity index (χ1n) is 7.65. The number of carbonyl (C=O) groups is 1. The lowest BCUT2D eigenvalue weighted by Crippen LogP contribution is -2.46. The van der Waals surface area contributed by atoms with E-state index >= 15 is 0 Å². The molecule has 4 heteroatoms. The molecule has 0 radical (unpaired) electrons. The van der Waals surface area contributed by atoms with Gasteiger partial charge < -0.3 is 14.6 Å². The molecule has 3 rings (SSSR count). The molecule has 112 valence electrons. The zero-order valence-electron chi connectivity index (χ0n) is 12.7. The maximum absolute atomic E-state index is 11.5. The largest absolute Gasteiger partial charge is 0.461 e. The Bertz CT molecular complexity index is 647. The normalized spacial score (nSPS) is 19.4. The van der Waals surface area contributed by atoms with Crippen LogP contribution >= 0.6 is 0 Å². The highest BCUT2D eigenvalue weighted by molar-refractivity contribution is 5.82. The number of furan rings is 1. The first kappa shape index (κ1) is 14.1. The third-order valence-corrected chi connectivity index (χ3v) is 4.30. The summed E-state index contributed by atoms with van der Waals surface area (Å²) in [5.74, 6) is 1.31. The van der Waals surface area contributed by atoms with E-state index in [0.29, 0.717) is 12.5 Å². The molecule has 1 saturated heterocycles. The van der Waals surface area contributed by atoms with Gasteiger partial charge in [-0.3, -0.25) is 4.79 Å². The quantitative estimate of drug-likeness (QED) is 0.940. The van der Waals surface area contributed by atoms with Gasteiger partial charge in [-0.1, -0.05) is 25.1 Å². The molecule has 1 amide bonds. The Morgan fingerprint density at radius 3 is 2.95 bits per heavy atom. The van der Waals surface area contributed by atoms with Gasteiger partial charge in [0.1, 0.15) is 11.3 Å². The Morgan fingerprint density at radius 2 is 2.19 bits per heavy atom. The molecular formula is C17H22N2O2. The maximum Gasteiger partial charge on any atom is 0.222 e. The number of carbonyl (C=O) groups excluding carboxylic acids is 1. The van der Waals surface area contributed by atoms with E-state index in [0.717, 1.165) is 37.3 Å². The molecule has 1 N–H and O–H groups in total. The van der Waals surface area contributed by atoms with E-state index in [-0.39, 0.29) is 5.91 Å². The number of likely N-dealkylation sites (N-methyl/N-ethyl adjacent to an activating group) is 1. The van der Waals surface area contributed by atoms with Crippen LogP contribution in [0.1, 0.15) is 31.1 Å². The number of amides is 1. The molecule has 2 aromatic rings. The third-order valence-electron chi connectivity index (χ3n) is 4.30. The average molecular weight is 286 g/mol. The van der Waals surface area contributed by atoms with E-state index in [4.69, 9.17) is 4.42 Å². The molecule has 1 aromatic heterocycles.